The molecule has 0 unspecified atom stereocenters. The van der Waals surface area contributed by atoms with E-state index in [1.165, 1.54) is 19.2 Å². The lowest BCUT2D eigenvalue weighted by Crippen LogP contribution is -2.19. The molecule has 7 nitrogen and oxygen atoms in total. The molecule has 3 aromatic carbocycles. The minimum atomic E-state index is -4.10. The predicted octanol–water partition coefficient (Wildman–Crippen LogP) is 6.73. The first-order valence-electron chi connectivity index (χ1n) is 10.2. The van der Waals surface area contributed by atoms with Gasteiger partial charge >= 0.3 is 10.1 Å². The van der Waals surface area contributed by atoms with Gasteiger partial charge in [-0.2, -0.15) is 8.42 Å². The van der Waals surface area contributed by atoms with Crippen LogP contribution in [0.4, 0.5) is 5.69 Å². The number of rotatable bonds is 6. The molecule has 1 N–H and O–H groups in total. The van der Waals surface area contributed by atoms with E-state index in [-0.39, 0.29) is 22.3 Å². The predicted molar refractivity (Wildman–Crippen MR) is 147 cm³/mol. The van der Waals surface area contributed by atoms with Crippen molar-refractivity contribution >= 4 is 83.9 Å². The van der Waals surface area contributed by atoms with Crippen LogP contribution in [0.1, 0.15) is 11.1 Å². The van der Waals surface area contributed by atoms with Crippen LogP contribution in [0.15, 0.2) is 73.9 Å². The summed E-state index contributed by atoms with van der Waals surface area (Å²) in [6.07, 6.45) is 1.62. The number of halogens is 3. The fourth-order valence-corrected chi connectivity index (χ4v) is 5.85. The normalized spacial score (nSPS) is 15.9. The number of nitrogens with one attached hydrogen (secondary N) is 1. The first-order valence-corrected chi connectivity index (χ1v) is 14.0. The molecule has 0 aliphatic carbocycles. The van der Waals surface area contributed by atoms with Gasteiger partial charge in [0.2, 0.25) is 0 Å². The molecule has 186 valence electrons. The van der Waals surface area contributed by atoms with E-state index in [1.807, 2.05) is 6.92 Å². The Morgan fingerprint density at radius 3 is 2.50 bits per heavy atom. The molecular weight excluding hydrogens is 611 g/mol. The SMILES string of the molecule is COc1cc(/C=C2/SC(=Nc3cc(Cl)ccc3Cl)NC2=O)cc(Br)c1OS(=O)(=O)c1ccc(C)cc1. The molecule has 4 rings (SSSR count). The minimum Gasteiger partial charge on any atom is -0.493 e. The molecule has 1 aliphatic heterocycles. The van der Waals surface area contributed by atoms with Crippen molar-refractivity contribution in [3.63, 3.8) is 0 Å². The van der Waals surface area contributed by atoms with Gasteiger partial charge < -0.3 is 14.2 Å². The summed E-state index contributed by atoms with van der Waals surface area (Å²) >= 11 is 16.6. The van der Waals surface area contributed by atoms with Crippen LogP contribution < -0.4 is 14.2 Å². The quantitative estimate of drug-likeness (QED) is 0.240. The number of aliphatic imine (C=N–C) groups is 1. The van der Waals surface area contributed by atoms with Crippen LogP contribution in [0.25, 0.3) is 6.08 Å². The molecular formula is C24H17BrCl2N2O5S2. The summed E-state index contributed by atoms with van der Waals surface area (Å²) in [4.78, 5) is 17.3. The molecule has 12 heteroatoms. The number of hydrogen-bond acceptors (Lipinski definition) is 7. The number of amides is 1. The number of aryl methyl sites for hydroxylation is 1. The number of ether oxygens (including phenoxy) is 1. The molecule has 1 fully saturated rings. The Kier molecular flexibility index (Phi) is 8.01. The molecule has 1 amide bonds. The summed E-state index contributed by atoms with van der Waals surface area (Å²) in [5.41, 5.74) is 1.91. The maximum absolute atomic E-state index is 12.8. The zero-order valence-electron chi connectivity index (χ0n) is 18.7. The van der Waals surface area contributed by atoms with E-state index >= 15 is 0 Å². The van der Waals surface area contributed by atoms with Gasteiger partial charge in [0.05, 0.1) is 27.2 Å². The highest BCUT2D eigenvalue weighted by Gasteiger charge is 2.26. The largest absolute Gasteiger partial charge is 0.493 e. The van der Waals surface area contributed by atoms with Crippen molar-refractivity contribution in [2.24, 2.45) is 4.99 Å². The molecule has 36 heavy (non-hydrogen) atoms. The summed E-state index contributed by atoms with van der Waals surface area (Å²) in [6.45, 7) is 1.86. The molecule has 0 saturated carbocycles. The van der Waals surface area contributed by atoms with Gasteiger partial charge in [-0.25, -0.2) is 4.99 Å². The molecule has 3 aromatic rings. The zero-order chi connectivity index (χ0) is 26.0. The average molecular weight is 628 g/mol. The van der Waals surface area contributed by atoms with Crippen LogP contribution >= 0.6 is 50.9 Å². The van der Waals surface area contributed by atoms with Gasteiger partial charge in [0.1, 0.15) is 4.90 Å². The van der Waals surface area contributed by atoms with Gasteiger partial charge in [-0.15, -0.1) is 0 Å². The Hall–Kier alpha value is -2.50. The van der Waals surface area contributed by atoms with Crippen LogP contribution in [0.2, 0.25) is 10.0 Å². The summed E-state index contributed by atoms with van der Waals surface area (Å²) in [5.74, 6) is -0.203. The molecule has 1 aliphatic rings. The fourth-order valence-electron chi connectivity index (χ4n) is 3.08. The maximum atomic E-state index is 12.8. The smallest absolute Gasteiger partial charge is 0.339 e. The lowest BCUT2D eigenvalue weighted by molar-refractivity contribution is -0.115. The van der Waals surface area contributed by atoms with Crippen molar-refractivity contribution in [3.8, 4) is 11.5 Å². The lowest BCUT2D eigenvalue weighted by Gasteiger charge is -2.13. The summed E-state index contributed by atoms with van der Waals surface area (Å²) in [5, 5.41) is 3.88. The number of hydrogen-bond donors (Lipinski definition) is 1. The van der Waals surface area contributed by atoms with Gasteiger partial charge in [-0.05, 0) is 88.7 Å². The second kappa shape index (κ2) is 10.9. The second-order valence-corrected chi connectivity index (χ2v) is 11.7. The van der Waals surface area contributed by atoms with E-state index in [9.17, 15) is 13.2 Å². The highest BCUT2D eigenvalue weighted by Crippen LogP contribution is 2.40. The van der Waals surface area contributed by atoms with Crippen molar-refractivity contribution in [1.29, 1.82) is 0 Å². The van der Waals surface area contributed by atoms with Gasteiger partial charge in [0.15, 0.2) is 16.7 Å². The van der Waals surface area contributed by atoms with Crippen molar-refractivity contribution in [1.82, 2.24) is 5.32 Å². The van der Waals surface area contributed by atoms with Crippen LogP contribution in [0.5, 0.6) is 11.5 Å². The Bertz CT molecular complexity index is 1520. The van der Waals surface area contributed by atoms with Crippen LogP contribution in [0, 0.1) is 6.92 Å². The number of carbonyl (C=O) groups excluding carboxylic acids is 1. The lowest BCUT2D eigenvalue weighted by atomic mass is 10.2. The van der Waals surface area contributed by atoms with E-state index < -0.39 is 10.1 Å². The van der Waals surface area contributed by atoms with Crippen LogP contribution in [0.3, 0.4) is 0 Å². The first-order chi connectivity index (χ1) is 17.1. The van der Waals surface area contributed by atoms with E-state index in [2.05, 4.69) is 26.2 Å². The van der Waals surface area contributed by atoms with Crippen LogP contribution in [-0.4, -0.2) is 26.6 Å². The van der Waals surface area contributed by atoms with Crippen molar-refractivity contribution in [2.75, 3.05) is 7.11 Å². The first kappa shape index (κ1) is 26.6. The highest BCUT2D eigenvalue weighted by atomic mass is 79.9. The Morgan fingerprint density at radius 1 is 1.08 bits per heavy atom. The van der Waals surface area contributed by atoms with Gasteiger partial charge in [0.25, 0.3) is 5.91 Å². The second-order valence-electron chi connectivity index (χ2n) is 7.46. The number of carbonyl (C=O) groups is 1. The van der Waals surface area contributed by atoms with Crippen molar-refractivity contribution < 1.29 is 22.1 Å². The Labute approximate surface area is 230 Å². The van der Waals surface area contributed by atoms with E-state index in [1.54, 1.807) is 48.5 Å². The van der Waals surface area contributed by atoms with E-state index in [0.717, 1.165) is 17.3 Å². The van der Waals surface area contributed by atoms with Gasteiger partial charge in [0, 0.05) is 5.02 Å². The summed E-state index contributed by atoms with van der Waals surface area (Å²) < 4.78 is 36.6. The number of benzene rings is 3. The molecule has 0 spiro atoms. The fraction of sp³-hybridized carbons (Fsp3) is 0.0833. The average Bonchev–Trinajstić information content (AvgIpc) is 3.16. The molecule has 0 radical (unpaired) electrons. The zero-order valence-corrected chi connectivity index (χ0v) is 23.4. The maximum Gasteiger partial charge on any atom is 0.339 e. The number of methoxy groups -OCH3 is 1. The number of amidine groups is 1. The van der Waals surface area contributed by atoms with Crippen molar-refractivity contribution in [2.45, 2.75) is 11.8 Å². The topological polar surface area (TPSA) is 94.1 Å². The molecule has 0 bridgehead atoms. The standard InChI is InChI=1S/C24H17BrCl2N2O5S2/c1-13-3-6-16(7-4-13)36(31,32)34-22-17(25)9-14(10-20(22)33-2)11-21-23(30)29-24(35-21)28-19-12-15(26)5-8-18(19)27/h3-12H,1-2H3,(H,28,29,30)/b21-11+. The van der Waals surface area contributed by atoms with Crippen molar-refractivity contribution in [3.05, 3.63) is 85.1 Å². The molecule has 0 aromatic heterocycles. The Balaban J connectivity index is 1.61. The number of thioether (sulfide) groups is 1. The molecule has 0 atom stereocenters. The molecule has 1 saturated heterocycles. The van der Waals surface area contributed by atoms with Gasteiger partial charge in [-0.3, -0.25) is 4.79 Å². The van der Waals surface area contributed by atoms with E-state index in [0.29, 0.717) is 35.8 Å². The third-order valence-corrected chi connectivity index (χ3v) is 8.12. The summed E-state index contributed by atoms with van der Waals surface area (Å²) in [7, 11) is -2.71. The van der Waals surface area contributed by atoms with E-state index in [4.69, 9.17) is 32.1 Å². The minimum absolute atomic E-state index is 0.0124. The van der Waals surface area contributed by atoms with Gasteiger partial charge in [-0.1, -0.05) is 40.9 Å². The van der Waals surface area contributed by atoms with Crippen LogP contribution in [-0.2, 0) is 14.9 Å². The summed E-state index contributed by atoms with van der Waals surface area (Å²) in [6, 6.07) is 14.3. The third kappa shape index (κ3) is 6.07. The third-order valence-electron chi connectivity index (χ3n) is 4.83. The highest BCUT2D eigenvalue weighted by molar-refractivity contribution is 9.10. The number of nitrogens with zero attached hydrogens (tertiary/aromatic N) is 1. The Morgan fingerprint density at radius 2 is 1.81 bits per heavy atom. The molecule has 1 heterocycles. The monoisotopic (exact) mass is 626 g/mol.